The van der Waals surface area contributed by atoms with Crippen molar-refractivity contribution >= 4 is 44.9 Å². The van der Waals surface area contributed by atoms with Crippen LogP contribution in [-0.2, 0) is 11.3 Å². The van der Waals surface area contributed by atoms with Crippen molar-refractivity contribution in [2.75, 3.05) is 11.1 Å². The normalized spacial score (nSPS) is 11.0. The first-order chi connectivity index (χ1) is 13.3. The smallest absolute Gasteiger partial charge is 0.263 e. The average molecular weight is 416 g/mol. The van der Waals surface area contributed by atoms with Gasteiger partial charge < -0.3 is 10.4 Å². The number of thiophene rings is 1. The van der Waals surface area contributed by atoms with Crippen LogP contribution in [0.5, 0.6) is 5.75 Å². The molecule has 0 spiro atoms. The molecule has 2 heterocycles. The third kappa shape index (κ3) is 3.98. The zero-order valence-electron chi connectivity index (χ0n) is 15.9. The predicted molar refractivity (Wildman–Crippen MR) is 116 cm³/mol. The number of nitrogens with one attached hydrogen (secondary N) is 1. The number of fused-ring (bicyclic) bond motifs is 1. The summed E-state index contributed by atoms with van der Waals surface area (Å²) in [6, 6.07) is 5.00. The number of benzene rings is 1. The zero-order valence-corrected chi connectivity index (χ0v) is 17.5. The molecule has 0 atom stereocenters. The maximum atomic E-state index is 12.9. The molecule has 146 valence electrons. The molecule has 1 amide bonds. The molecule has 0 aliphatic heterocycles. The lowest BCUT2D eigenvalue weighted by molar-refractivity contribution is -0.113. The molecule has 0 bridgehead atoms. The number of phenols is 1. The average Bonchev–Trinajstić information content (AvgIpc) is 2.93. The van der Waals surface area contributed by atoms with Gasteiger partial charge in [-0.15, -0.1) is 17.9 Å². The summed E-state index contributed by atoms with van der Waals surface area (Å²) in [5.41, 5.74) is 2.11. The van der Waals surface area contributed by atoms with Crippen LogP contribution in [-0.4, -0.2) is 26.3 Å². The molecule has 0 saturated carbocycles. The number of nitrogens with zero attached hydrogens (tertiary/aromatic N) is 2. The van der Waals surface area contributed by atoms with Crippen molar-refractivity contribution in [3.63, 3.8) is 0 Å². The standard InChI is InChI=1S/C20H21N3O3S2/c1-5-8-23-19(26)17-12(3)13(4)28-18(17)22-20(23)27-10-16(25)21-14-9-11(2)6-7-15(14)24/h5-7,9,24H,1,8,10H2,2-4H3,(H,21,25). The number of allylic oxidation sites excluding steroid dienone is 1. The fourth-order valence-electron chi connectivity index (χ4n) is 2.78. The highest BCUT2D eigenvalue weighted by atomic mass is 32.2. The second-order valence-electron chi connectivity index (χ2n) is 6.42. The minimum absolute atomic E-state index is 0.0107. The number of aromatic hydroxyl groups is 1. The van der Waals surface area contributed by atoms with Gasteiger partial charge in [0.1, 0.15) is 10.6 Å². The van der Waals surface area contributed by atoms with Gasteiger partial charge in [0.05, 0.1) is 16.8 Å². The Balaban J connectivity index is 1.86. The molecule has 0 aliphatic rings. The van der Waals surface area contributed by atoms with E-state index in [0.717, 1.165) is 16.0 Å². The first-order valence-corrected chi connectivity index (χ1v) is 10.5. The summed E-state index contributed by atoms with van der Waals surface area (Å²) in [4.78, 5) is 31.6. The van der Waals surface area contributed by atoms with E-state index in [1.54, 1.807) is 18.2 Å². The first kappa shape index (κ1) is 20.2. The van der Waals surface area contributed by atoms with Crippen LogP contribution in [0, 0.1) is 20.8 Å². The fraction of sp³-hybridized carbons (Fsp3) is 0.250. The van der Waals surface area contributed by atoms with E-state index in [1.807, 2.05) is 20.8 Å². The van der Waals surface area contributed by atoms with Gasteiger partial charge in [0.25, 0.3) is 5.56 Å². The van der Waals surface area contributed by atoms with Crippen LogP contribution in [0.15, 0.2) is 40.8 Å². The lowest BCUT2D eigenvalue weighted by atomic mass is 10.2. The number of thioether (sulfide) groups is 1. The van der Waals surface area contributed by atoms with Gasteiger partial charge in [0.15, 0.2) is 5.16 Å². The minimum atomic E-state index is -0.288. The molecule has 3 aromatic rings. The number of carbonyl (C=O) groups excluding carboxylic acids is 1. The Bertz CT molecular complexity index is 1130. The van der Waals surface area contributed by atoms with Crippen molar-refractivity contribution in [3.05, 3.63) is 57.2 Å². The predicted octanol–water partition coefficient (Wildman–Crippen LogP) is 4.01. The van der Waals surface area contributed by atoms with Gasteiger partial charge in [-0.3, -0.25) is 14.2 Å². The van der Waals surface area contributed by atoms with Crippen molar-refractivity contribution < 1.29 is 9.90 Å². The summed E-state index contributed by atoms with van der Waals surface area (Å²) in [6.45, 7) is 9.80. The van der Waals surface area contributed by atoms with Crippen LogP contribution in [0.2, 0.25) is 0 Å². The van der Waals surface area contributed by atoms with Gasteiger partial charge in [-0.2, -0.15) is 0 Å². The van der Waals surface area contributed by atoms with E-state index in [-0.39, 0.29) is 23.0 Å². The number of anilines is 1. The van der Waals surface area contributed by atoms with Crippen molar-refractivity contribution in [3.8, 4) is 5.75 Å². The first-order valence-electron chi connectivity index (χ1n) is 8.65. The number of carbonyl (C=O) groups is 1. The van der Waals surface area contributed by atoms with Gasteiger partial charge in [-0.25, -0.2) is 4.98 Å². The number of hydrogen-bond donors (Lipinski definition) is 2. The van der Waals surface area contributed by atoms with E-state index >= 15 is 0 Å². The van der Waals surface area contributed by atoms with Gasteiger partial charge >= 0.3 is 0 Å². The van der Waals surface area contributed by atoms with Gasteiger partial charge in [0.2, 0.25) is 5.91 Å². The molecule has 0 aliphatic carbocycles. The van der Waals surface area contributed by atoms with Crippen molar-refractivity contribution in [2.24, 2.45) is 0 Å². The van der Waals surface area contributed by atoms with E-state index in [9.17, 15) is 14.7 Å². The number of phenolic OH excluding ortho intramolecular Hbond substituents is 1. The van der Waals surface area contributed by atoms with Crippen LogP contribution in [0.4, 0.5) is 5.69 Å². The number of aromatic nitrogens is 2. The Hall–Kier alpha value is -2.58. The molecular formula is C20H21N3O3S2. The highest BCUT2D eigenvalue weighted by Crippen LogP contribution is 2.29. The summed E-state index contributed by atoms with van der Waals surface area (Å²) < 4.78 is 1.54. The lowest BCUT2D eigenvalue weighted by Gasteiger charge is -2.11. The van der Waals surface area contributed by atoms with Crippen LogP contribution in [0.1, 0.15) is 16.0 Å². The number of hydrogen-bond acceptors (Lipinski definition) is 6. The molecule has 3 rings (SSSR count). The quantitative estimate of drug-likeness (QED) is 0.275. The second kappa shape index (κ2) is 8.20. The fourth-order valence-corrected chi connectivity index (χ4v) is 4.65. The minimum Gasteiger partial charge on any atom is -0.506 e. The van der Waals surface area contributed by atoms with Gasteiger partial charge in [0, 0.05) is 11.4 Å². The molecule has 8 heteroatoms. The van der Waals surface area contributed by atoms with E-state index in [0.29, 0.717) is 27.6 Å². The summed E-state index contributed by atoms with van der Waals surface area (Å²) in [6.07, 6.45) is 1.64. The molecule has 28 heavy (non-hydrogen) atoms. The lowest BCUT2D eigenvalue weighted by Crippen LogP contribution is -2.23. The van der Waals surface area contributed by atoms with Crippen molar-refractivity contribution in [1.82, 2.24) is 9.55 Å². The third-order valence-corrected chi connectivity index (χ3v) is 6.40. The monoisotopic (exact) mass is 415 g/mol. The maximum Gasteiger partial charge on any atom is 0.263 e. The van der Waals surface area contributed by atoms with E-state index in [4.69, 9.17) is 0 Å². The molecule has 0 unspecified atom stereocenters. The summed E-state index contributed by atoms with van der Waals surface area (Å²) in [5.74, 6) is -0.216. The SMILES string of the molecule is C=CCn1c(SCC(=O)Nc2cc(C)ccc2O)nc2sc(C)c(C)c2c1=O. The molecular weight excluding hydrogens is 394 g/mol. The maximum absolute atomic E-state index is 12.9. The Morgan fingerprint density at radius 1 is 1.39 bits per heavy atom. The third-order valence-electron chi connectivity index (χ3n) is 4.32. The van der Waals surface area contributed by atoms with Crippen LogP contribution < -0.4 is 10.9 Å². The largest absolute Gasteiger partial charge is 0.506 e. The van der Waals surface area contributed by atoms with Gasteiger partial charge in [-0.1, -0.05) is 23.9 Å². The molecule has 0 fully saturated rings. The highest BCUT2D eigenvalue weighted by molar-refractivity contribution is 7.99. The topological polar surface area (TPSA) is 84.2 Å². The second-order valence-corrected chi connectivity index (χ2v) is 8.57. The molecule has 0 saturated heterocycles. The zero-order chi connectivity index (χ0) is 20.4. The number of aryl methyl sites for hydroxylation is 3. The Kier molecular flexibility index (Phi) is 5.90. The molecule has 6 nitrogen and oxygen atoms in total. The van der Waals surface area contributed by atoms with Crippen LogP contribution >= 0.6 is 23.1 Å². The molecule has 1 aromatic carbocycles. The molecule has 2 aromatic heterocycles. The van der Waals surface area contributed by atoms with Crippen LogP contribution in [0.3, 0.4) is 0 Å². The summed E-state index contributed by atoms with van der Waals surface area (Å²) in [5, 5.41) is 13.7. The highest BCUT2D eigenvalue weighted by Gasteiger charge is 2.17. The Labute approximate surface area is 170 Å². The Morgan fingerprint density at radius 3 is 2.86 bits per heavy atom. The number of rotatable bonds is 6. The van der Waals surface area contributed by atoms with E-state index < -0.39 is 0 Å². The van der Waals surface area contributed by atoms with E-state index in [2.05, 4.69) is 16.9 Å². The van der Waals surface area contributed by atoms with Crippen molar-refractivity contribution in [2.45, 2.75) is 32.5 Å². The van der Waals surface area contributed by atoms with Crippen LogP contribution in [0.25, 0.3) is 10.2 Å². The number of amides is 1. The summed E-state index contributed by atoms with van der Waals surface area (Å²) >= 11 is 2.66. The summed E-state index contributed by atoms with van der Waals surface area (Å²) in [7, 11) is 0. The molecule has 0 radical (unpaired) electrons. The van der Waals surface area contributed by atoms with Gasteiger partial charge in [-0.05, 0) is 44.0 Å². The molecule has 2 N–H and O–H groups in total. The van der Waals surface area contributed by atoms with E-state index in [1.165, 1.54) is 33.7 Å². The Morgan fingerprint density at radius 2 is 2.14 bits per heavy atom. The van der Waals surface area contributed by atoms with Crippen molar-refractivity contribution in [1.29, 1.82) is 0 Å².